The van der Waals surface area contributed by atoms with Crippen molar-refractivity contribution in [1.82, 2.24) is 20.9 Å². The maximum Gasteiger partial charge on any atom is 0.245 e. The van der Waals surface area contributed by atoms with Crippen molar-refractivity contribution in [2.75, 3.05) is 25.6 Å². The summed E-state index contributed by atoms with van der Waals surface area (Å²) < 4.78 is 12.0. The molecule has 4 atom stereocenters. The van der Waals surface area contributed by atoms with Crippen LogP contribution in [0.1, 0.15) is 42.0 Å². The summed E-state index contributed by atoms with van der Waals surface area (Å²) in [7, 11) is 1.51. The molecule has 0 aromatic heterocycles. The standard InChI is InChI=1S/C31H44N6O6S/c1-19-15-23(38)16-20(2)24(19)18-26(34-21(3)32)30(41)35-25(12-14-44(5)43)29(40)36-27(17-22-9-7-6-8-10-22)31(42)37(4)13-11-28(33)39/h6-10,15-16,25-27,38H,11-14,17-18H2,1-5H3,(H2,32,34)(H2,33,39)(H,35,41)(H,36,40)/t25-,26+,27+,44?/m1/s1. The average Bonchev–Trinajstić information content (AvgIpc) is 2.94. The summed E-state index contributed by atoms with van der Waals surface area (Å²) in [5, 5.41) is 26.3. The number of amidine groups is 1. The van der Waals surface area contributed by atoms with Crippen LogP contribution in [0.5, 0.6) is 5.75 Å². The zero-order valence-electron chi connectivity index (χ0n) is 25.9. The van der Waals surface area contributed by atoms with Crippen LogP contribution in [0.4, 0.5) is 0 Å². The SMILES string of the molecule is CC(=N)N[C@@H](Cc1c(C)cc(O)cc1C)C(=O)N[C@H](CC[S+](C)[O-])C(=O)N[C@@H](Cc1ccccc1)C(=O)N(C)CCC(N)=O. The zero-order valence-corrected chi connectivity index (χ0v) is 26.8. The molecule has 0 fully saturated rings. The van der Waals surface area contributed by atoms with E-state index in [0.29, 0.717) is 0 Å². The second-order valence-electron chi connectivity index (χ2n) is 10.9. The van der Waals surface area contributed by atoms with E-state index < -0.39 is 52.9 Å². The number of carbonyl (C=O) groups excluding carboxylic acids is 4. The third kappa shape index (κ3) is 11.9. The van der Waals surface area contributed by atoms with Crippen LogP contribution in [0.2, 0.25) is 0 Å². The first-order chi connectivity index (χ1) is 20.7. The molecule has 0 aliphatic carbocycles. The van der Waals surface area contributed by atoms with Crippen molar-refractivity contribution in [2.24, 2.45) is 5.73 Å². The number of primary amides is 1. The number of carbonyl (C=O) groups is 4. The highest BCUT2D eigenvalue weighted by atomic mass is 32.2. The van der Waals surface area contributed by atoms with E-state index in [0.717, 1.165) is 22.3 Å². The lowest BCUT2D eigenvalue weighted by Gasteiger charge is -2.28. The monoisotopic (exact) mass is 628 g/mol. The van der Waals surface area contributed by atoms with Gasteiger partial charge in [0.05, 0.1) is 12.1 Å². The fourth-order valence-electron chi connectivity index (χ4n) is 4.77. The number of phenols is 1. The lowest BCUT2D eigenvalue weighted by Crippen LogP contribution is -2.57. The molecule has 0 spiro atoms. The number of aryl methyl sites for hydroxylation is 2. The van der Waals surface area contributed by atoms with Gasteiger partial charge in [0, 0.05) is 39.3 Å². The third-order valence-electron chi connectivity index (χ3n) is 7.09. The van der Waals surface area contributed by atoms with Gasteiger partial charge in [-0.3, -0.25) is 24.6 Å². The van der Waals surface area contributed by atoms with Crippen LogP contribution in [0.15, 0.2) is 42.5 Å². The first kappa shape index (κ1) is 36.1. The molecular formula is C31H44N6O6S. The Labute approximate surface area is 261 Å². The fourth-order valence-corrected chi connectivity index (χ4v) is 5.34. The van der Waals surface area contributed by atoms with E-state index in [9.17, 15) is 28.8 Å². The minimum atomic E-state index is -1.27. The van der Waals surface area contributed by atoms with Crippen molar-refractivity contribution < 1.29 is 28.8 Å². The lowest BCUT2D eigenvalue weighted by atomic mass is 9.95. The number of aromatic hydroxyl groups is 1. The van der Waals surface area contributed by atoms with E-state index in [1.165, 1.54) is 25.1 Å². The van der Waals surface area contributed by atoms with Crippen LogP contribution in [-0.4, -0.2) is 87.8 Å². The van der Waals surface area contributed by atoms with E-state index in [4.69, 9.17) is 11.1 Å². The molecule has 1 unspecified atom stereocenters. The molecule has 0 aliphatic rings. The minimum absolute atomic E-state index is 0.0397. The molecule has 240 valence electrons. The van der Waals surface area contributed by atoms with E-state index in [-0.39, 0.29) is 49.6 Å². The number of hydrogen-bond donors (Lipinski definition) is 6. The van der Waals surface area contributed by atoms with Gasteiger partial charge in [0.1, 0.15) is 29.6 Å². The molecule has 44 heavy (non-hydrogen) atoms. The van der Waals surface area contributed by atoms with Crippen molar-refractivity contribution in [3.63, 3.8) is 0 Å². The van der Waals surface area contributed by atoms with E-state index in [2.05, 4.69) is 16.0 Å². The topological polar surface area (TPSA) is 201 Å². The van der Waals surface area contributed by atoms with Crippen LogP contribution in [0.25, 0.3) is 0 Å². The predicted molar refractivity (Wildman–Crippen MR) is 171 cm³/mol. The number of phenolic OH excluding ortho intramolecular Hbond substituents is 1. The highest BCUT2D eigenvalue weighted by Crippen LogP contribution is 2.22. The van der Waals surface area contributed by atoms with Crippen LogP contribution in [0.3, 0.4) is 0 Å². The number of amides is 4. The summed E-state index contributed by atoms with van der Waals surface area (Å²) >= 11 is -1.27. The Balaban J connectivity index is 2.33. The molecule has 0 bridgehead atoms. The number of hydrogen-bond acceptors (Lipinski definition) is 7. The van der Waals surface area contributed by atoms with Gasteiger partial charge < -0.3 is 36.2 Å². The van der Waals surface area contributed by atoms with Gasteiger partial charge in [0.25, 0.3) is 0 Å². The van der Waals surface area contributed by atoms with Crippen LogP contribution in [-0.2, 0) is 43.2 Å². The molecule has 0 heterocycles. The number of likely N-dealkylation sites (N-methyl/N-ethyl adjacent to an activating group) is 1. The Hall–Kier alpha value is -4.10. The van der Waals surface area contributed by atoms with Crippen molar-refractivity contribution >= 4 is 40.6 Å². The summed E-state index contributed by atoms with van der Waals surface area (Å²) in [4.78, 5) is 53.3. The first-order valence-corrected chi connectivity index (χ1v) is 16.0. The molecular weight excluding hydrogens is 584 g/mol. The number of nitrogens with one attached hydrogen (secondary N) is 4. The highest BCUT2D eigenvalue weighted by molar-refractivity contribution is 7.90. The molecule has 12 nitrogen and oxygen atoms in total. The number of nitrogens with zero attached hydrogens (tertiary/aromatic N) is 1. The third-order valence-corrected chi connectivity index (χ3v) is 7.90. The lowest BCUT2D eigenvalue weighted by molar-refractivity contribution is -0.136. The van der Waals surface area contributed by atoms with Gasteiger partial charge >= 0.3 is 0 Å². The van der Waals surface area contributed by atoms with E-state index >= 15 is 0 Å². The van der Waals surface area contributed by atoms with Gasteiger partial charge in [0.2, 0.25) is 23.6 Å². The van der Waals surface area contributed by atoms with Crippen molar-refractivity contribution in [3.05, 3.63) is 64.7 Å². The molecule has 2 aromatic carbocycles. The van der Waals surface area contributed by atoms with E-state index in [1.54, 1.807) is 12.1 Å². The van der Waals surface area contributed by atoms with Gasteiger partial charge in [-0.2, -0.15) is 0 Å². The summed E-state index contributed by atoms with van der Waals surface area (Å²) in [5.41, 5.74) is 8.38. The summed E-state index contributed by atoms with van der Waals surface area (Å²) in [6.07, 6.45) is 1.82. The Kier molecular flexibility index (Phi) is 14.2. The zero-order chi connectivity index (χ0) is 33.0. The Morgan fingerprint density at radius 1 is 0.977 bits per heavy atom. The molecule has 4 amide bonds. The van der Waals surface area contributed by atoms with E-state index in [1.807, 2.05) is 44.2 Å². The summed E-state index contributed by atoms with van der Waals surface area (Å²) in [6.45, 7) is 5.18. The van der Waals surface area contributed by atoms with Crippen molar-refractivity contribution in [2.45, 2.75) is 64.6 Å². The fraction of sp³-hybridized carbons (Fsp3) is 0.452. The average molecular weight is 629 g/mol. The van der Waals surface area contributed by atoms with Crippen LogP contribution < -0.4 is 21.7 Å². The van der Waals surface area contributed by atoms with Crippen LogP contribution in [0, 0.1) is 19.3 Å². The van der Waals surface area contributed by atoms with Gasteiger partial charge in [-0.05, 0) is 55.2 Å². The summed E-state index contributed by atoms with van der Waals surface area (Å²) in [5.74, 6) is -1.94. The smallest absolute Gasteiger partial charge is 0.245 e. The Morgan fingerprint density at radius 2 is 1.55 bits per heavy atom. The Morgan fingerprint density at radius 3 is 2.09 bits per heavy atom. The molecule has 0 radical (unpaired) electrons. The highest BCUT2D eigenvalue weighted by Gasteiger charge is 2.31. The van der Waals surface area contributed by atoms with Gasteiger partial charge in [-0.25, -0.2) is 0 Å². The predicted octanol–water partition coefficient (Wildman–Crippen LogP) is 0.822. The molecule has 2 aromatic rings. The second kappa shape index (κ2) is 17.3. The number of benzene rings is 2. The molecule has 0 aliphatic heterocycles. The quantitative estimate of drug-likeness (QED) is 0.0897. The van der Waals surface area contributed by atoms with Crippen molar-refractivity contribution in [1.29, 1.82) is 5.41 Å². The summed E-state index contributed by atoms with van der Waals surface area (Å²) in [6, 6.07) is 9.18. The maximum absolute atomic E-state index is 13.7. The number of nitrogens with two attached hydrogens (primary N) is 1. The van der Waals surface area contributed by atoms with Gasteiger partial charge in [0.15, 0.2) is 0 Å². The maximum atomic E-state index is 13.7. The first-order valence-electron chi connectivity index (χ1n) is 14.3. The normalized spacial score (nSPS) is 13.6. The van der Waals surface area contributed by atoms with Crippen molar-refractivity contribution in [3.8, 4) is 5.75 Å². The van der Waals surface area contributed by atoms with Gasteiger partial charge in [-0.15, -0.1) is 0 Å². The largest absolute Gasteiger partial charge is 0.617 e. The van der Waals surface area contributed by atoms with Gasteiger partial charge in [-0.1, -0.05) is 41.5 Å². The molecule has 0 saturated heterocycles. The number of rotatable bonds is 16. The molecule has 0 saturated carbocycles. The second-order valence-corrected chi connectivity index (χ2v) is 12.5. The Bertz CT molecular complexity index is 1300. The van der Waals surface area contributed by atoms with Crippen LogP contribution >= 0.6 is 0 Å². The molecule has 7 N–H and O–H groups in total. The minimum Gasteiger partial charge on any atom is -0.617 e. The molecule has 2 rings (SSSR count). The molecule has 13 heteroatoms.